The number of rotatable bonds is 4. The quantitative estimate of drug-likeness (QED) is 0.553. The first-order chi connectivity index (χ1) is 14.9. The highest BCUT2D eigenvalue weighted by Gasteiger charge is 2.21. The Morgan fingerprint density at radius 2 is 2.00 bits per heavy atom. The van der Waals surface area contributed by atoms with Gasteiger partial charge in [-0.2, -0.15) is 5.10 Å². The van der Waals surface area contributed by atoms with Crippen LogP contribution in [0, 0.1) is 17.6 Å². The Hall–Kier alpha value is -2.93. The molecule has 1 aliphatic heterocycles. The van der Waals surface area contributed by atoms with E-state index in [1.54, 1.807) is 13.2 Å². The van der Waals surface area contributed by atoms with Crippen molar-refractivity contribution < 1.29 is 23.0 Å². The summed E-state index contributed by atoms with van der Waals surface area (Å²) in [7, 11) is 1.70. The van der Waals surface area contributed by atoms with Gasteiger partial charge in [0.2, 0.25) is 0 Å². The Kier molecular flexibility index (Phi) is 7.63. The van der Waals surface area contributed by atoms with Gasteiger partial charge in [-0.3, -0.25) is 9.48 Å². The number of aromatic nitrogens is 3. The molecule has 1 saturated heterocycles. The predicted octanol–water partition coefficient (Wildman–Crippen LogP) is 2.22. The Morgan fingerprint density at radius 3 is 2.55 bits per heavy atom. The molecular weight excluding hydrogens is 430 g/mol. The maximum absolute atomic E-state index is 13.8. The van der Waals surface area contributed by atoms with E-state index in [2.05, 4.69) is 15.4 Å². The van der Waals surface area contributed by atoms with Crippen molar-refractivity contribution in [1.82, 2.24) is 14.8 Å². The van der Waals surface area contributed by atoms with Crippen LogP contribution in [0.3, 0.4) is 0 Å². The molecule has 9 nitrogen and oxygen atoms in total. The summed E-state index contributed by atoms with van der Waals surface area (Å²) < 4.78 is 39.1. The second kappa shape index (κ2) is 10.4. The Balaban J connectivity index is 0.000000287. The highest BCUT2D eigenvalue weighted by atomic mass is 32.1. The summed E-state index contributed by atoms with van der Waals surface area (Å²) in [6.07, 6.45) is 3.05. The van der Waals surface area contributed by atoms with Crippen molar-refractivity contribution in [3.8, 4) is 10.6 Å². The van der Waals surface area contributed by atoms with E-state index in [9.17, 15) is 13.6 Å². The monoisotopic (exact) mass is 452 g/mol. The molecule has 3 aromatic rings. The number of hydrogen-bond donors (Lipinski definition) is 3. The van der Waals surface area contributed by atoms with Gasteiger partial charge < -0.3 is 26.3 Å². The highest BCUT2D eigenvalue weighted by Crippen LogP contribution is 2.33. The highest BCUT2D eigenvalue weighted by molar-refractivity contribution is 7.19. The van der Waals surface area contributed by atoms with Crippen LogP contribution in [0.4, 0.5) is 19.5 Å². The number of hydrogen-bond acceptors (Lipinski definition) is 8. The molecule has 1 aliphatic rings. The van der Waals surface area contributed by atoms with Gasteiger partial charge in [0.25, 0.3) is 5.91 Å². The molecule has 12 heteroatoms. The smallest absolute Gasteiger partial charge is 0.277 e. The lowest BCUT2D eigenvalue weighted by Gasteiger charge is -2.20. The number of thiazole rings is 1. The normalized spacial score (nSPS) is 14.1. The summed E-state index contributed by atoms with van der Waals surface area (Å²) in [5.74, 6) is -1.69. The molecule has 0 radical (unpaired) electrons. The van der Waals surface area contributed by atoms with Crippen LogP contribution < -0.4 is 16.8 Å². The molecule has 1 amide bonds. The van der Waals surface area contributed by atoms with Crippen LogP contribution in [0.2, 0.25) is 0 Å². The number of aryl methyl sites for hydroxylation is 1. The molecule has 0 atom stereocenters. The van der Waals surface area contributed by atoms with Gasteiger partial charge in [-0.15, -0.1) is 0 Å². The third-order valence-corrected chi connectivity index (χ3v) is 5.12. The van der Waals surface area contributed by atoms with E-state index >= 15 is 0 Å². The molecule has 166 valence electrons. The third kappa shape index (κ3) is 5.82. The number of nitrogens with one attached hydrogen (secondary N) is 1. The zero-order chi connectivity index (χ0) is 22.4. The number of anilines is 2. The van der Waals surface area contributed by atoms with Crippen molar-refractivity contribution in [2.75, 3.05) is 37.6 Å². The number of nitrogens with two attached hydrogens (primary N) is 2. The van der Waals surface area contributed by atoms with Gasteiger partial charge in [0.15, 0.2) is 5.69 Å². The lowest BCUT2D eigenvalue weighted by molar-refractivity contribution is -0.123. The van der Waals surface area contributed by atoms with E-state index in [0.717, 1.165) is 36.7 Å². The second-order valence-corrected chi connectivity index (χ2v) is 7.68. The molecule has 5 N–H and O–H groups in total. The van der Waals surface area contributed by atoms with E-state index in [1.807, 2.05) is 0 Å². The van der Waals surface area contributed by atoms with Crippen LogP contribution >= 0.6 is 11.3 Å². The lowest BCUT2D eigenvalue weighted by Crippen LogP contribution is -2.29. The zero-order valence-corrected chi connectivity index (χ0v) is 17.5. The average Bonchev–Trinajstić information content (AvgIpc) is 3.34. The average molecular weight is 452 g/mol. The molecule has 3 heterocycles. The fourth-order valence-electron chi connectivity index (χ4n) is 2.65. The third-order valence-electron chi connectivity index (χ3n) is 4.21. The van der Waals surface area contributed by atoms with Crippen molar-refractivity contribution in [3.63, 3.8) is 0 Å². The van der Waals surface area contributed by atoms with Gasteiger partial charge in [0.05, 0.1) is 30.7 Å². The molecule has 0 saturated carbocycles. The summed E-state index contributed by atoms with van der Waals surface area (Å²) in [6, 6.07) is 3.48. The number of carbonyl (C=O) groups excluding carboxylic acids is 1. The van der Waals surface area contributed by atoms with Gasteiger partial charge in [0.1, 0.15) is 28.4 Å². The van der Waals surface area contributed by atoms with Crippen LogP contribution in [0.15, 0.2) is 30.6 Å². The van der Waals surface area contributed by atoms with E-state index < -0.39 is 17.5 Å². The zero-order valence-electron chi connectivity index (χ0n) is 16.7. The van der Waals surface area contributed by atoms with Crippen molar-refractivity contribution in [2.45, 2.75) is 0 Å². The molecule has 1 aromatic carbocycles. The second-order valence-electron chi connectivity index (χ2n) is 6.65. The fraction of sp³-hybridized carbons (Fsp3) is 0.316. The van der Waals surface area contributed by atoms with Gasteiger partial charge in [-0.25, -0.2) is 13.8 Å². The fourth-order valence-corrected chi connectivity index (χ4v) is 3.53. The van der Waals surface area contributed by atoms with Crippen LogP contribution in [-0.2, 0) is 16.5 Å². The Labute approximate surface area is 181 Å². The number of benzene rings is 1. The molecular formula is C19H22F2N6O3S. The molecule has 2 aromatic heterocycles. The number of halogens is 2. The first-order valence-corrected chi connectivity index (χ1v) is 10.1. The number of carbonyl (C=O) groups is 1. The molecule has 1 fully saturated rings. The molecule has 0 aliphatic carbocycles. The molecule has 31 heavy (non-hydrogen) atoms. The topological polar surface area (TPSA) is 130 Å². The first-order valence-electron chi connectivity index (χ1n) is 9.25. The van der Waals surface area contributed by atoms with E-state index in [1.165, 1.54) is 16.9 Å². The molecule has 0 bridgehead atoms. The van der Waals surface area contributed by atoms with Crippen molar-refractivity contribution in [2.24, 2.45) is 18.7 Å². The van der Waals surface area contributed by atoms with Crippen LogP contribution in [0.25, 0.3) is 10.6 Å². The van der Waals surface area contributed by atoms with Crippen molar-refractivity contribution >= 4 is 27.9 Å². The number of nitrogens with zero attached hydrogens (tertiary/aromatic N) is 3. The lowest BCUT2D eigenvalue weighted by atomic mass is 10.2. The maximum atomic E-state index is 13.8. The minimum absolute atomic E-state index is 0.00874. The number of amides is 1. The summed E-state index contributed by atoms with van der Waals surface area (Å²) in [6.45, 7) is 2.63. The van der Waals surface area contributed by atoms with Crippen molar-refractivity contribution in [1.29, 1.82) is 0 Å². The minimum Gasteiger partial charge on any atom is -0.389 e. The van der Waals surface area contributed by atoms with E-state index in [4.69, 9.17) is 20.9 Å². The van der Waals surface area contributed by atoms with Crippen LogP contribution in [-0.4, -0.2) is 47.2 Å². The van der Waals surface area contributed by atoms with Crippen LogP contribution in [0.1, 0.15) is 10.5 Å². The largest absolute Gasteiger partial charge is 0.389 e. The number of ether oxygens (including phenoxy) is 2. The van der Waals surface area contributed by atoms with Crippen LogP contribution in [0.5, 0.6) is 0 Å². The standard InChI is InChI=1S/C14H11F2N5OS.C5H11NO2/c1-21-6-7(5-18-21)19-13(22)11-12(17)23-14(20-11)10-8(15)3-2-4-9(10)16;6-1-5-2-7-4-8-3-5/h2-6H,17H2,1H3,(H,19,22);5H,1-4,6H2. The van der Waals surface area contributed by atoms with E-state index in [0.29, 0.717) is 24.9 Å². The maximum Gasteiger partial charge on any atom is 0.277 e. The molecule has 0 unspecified atom stereocenters. The SMILES string of the molecule is Cn1cc(NC(=O)c2nc(-c3c(F)cccc3F)sc2N)cn1.NCC1COCOC1. The Bertz CT molecular complexity index is 1020. The molecule has 4 rings (SSSR count). The summed E-state index contributed by atoms with van der Waals surface area (Å²) in [5, 5.41) is 6.57. The first kappa shape index (κ1) is 22.7. The van der Waals surface area contributed by atoms with Crippen molar-refractivity contribution in [3.05, 3.63) is 47.9 Å². The van der Waals surface area contributed by atoms with Gasteiger partial charge in [-0.05, 0) is 18.7 Å². The van der Waals surface area contributed by atoms with Gasteiger partial charge in [0, 0.05) is 19.2 Å². The minimum atomic E-state index is -0.766. The summed E-state index contributed by atoms with van der Waals surface area (Å²) >= 11 is 0.845. The summed E-state index contributed by atoms with van der Waals surface area (Å²) in [4.78, 5) is 16.2. The predicted molar refractivity (Wildman–Crippen MR) is 112 cm³/mol. The summed E-state index contributed by atoms with van der Waals surface area (Å²) in [5.41, 5.74) is 11.2. The van der Waals surface area contributed by atoms with Gasteiger partial charge in [-0.1, -0.05) is 17.4 Å². The van der Waals surface area contributed by atoms with E-state index in [-0.39, 0.29) is 21.3 Å². The Morgan fingerprint density at radius 1 is 1.32 bits per heavy atom. The van der Waals surface area contributed by atoms with Gasteiger partial charge >= 0.3 is 0 Å². The molecule has 0 spiro atoms. The number of nitrogen functional groups attached to an aromatic ring is 1.